The number of piperazine rings is 1. The number of carbonyl (C=O) groups is 5. The Hall–Kier alpha value is -5.32. The molecule has 0 spiro atoms. The maximum absolute atomic E-state index is 13.7. The Morgan fingerprint density at radius 2 is 1.81 bits per heavy atom. The number of imide groups is 2. The van der Waals surface area contributed by atoms with E-state index in [0.717, 1.165) is 50.2 Å². The lowest BCUT2D eigenvalue weighted by Crippen LogP contribution is -2.54. The number of benzene rings is 3. The largest absolute Gasteiger partial charge is 0.493 e. The molecule has 2 N–H and O–H groups in total. The highest BCUT2D eigenvalue weighted by molar-refractivity contribution is 7.99. The van der Waals surface area contributed by atoms with Crippen molar-refractivity contribution >= 4 is 75.3 Å². The average molecular weight is 832 g/mol. The Labute approximate surface area is 343 Å². The van der Waals surface area contributed by atoms with Crippen LogP contribution < -0.4 is 20.1 Å². The van der Waals surface area contributed by atoms with Gasteiger partial charge in [-0.3, -0.25) is 39.1 Å². The number of hydrogen-bond donors (Lipinski definition) is 2. The van der Waals surface area contributed by atoms with Gasteiger partial charge in [0.2, 0.25) is 17.7 Å². The Balaban J connectivity index is 0.805. The van der Waals surface area contributed by atoms with E-state index in [1.54, 1.807) is 37.4 Å². The SMILES string of the molecule is COc1cc2ncnc(Nc3ccc(F)c(Cl)c3)c2cc1OCCCN1CCN(C(=O)CCCCCSc2cccc3c2C(=O)N(C2CCC(=O)NC2=O)C3=O)CC1. The molecule has 4 heterocycles. The van der Waals surface area contributed by atoms with Gasteiger partial charge in [0.25, 0.3) is 11.8 Å². The first kappa shape index (κ1) is 40.9. The number of carbonyl (C=O) groups excluding carboxylic acids is 5. The fourth-order valence-electron chi connectivity index (χ4n) is 7.34. The molecule has 304 valence electrons. The number of amides is 5. The molecule has 3 aromatic carbocycles. The van der Waals surface area contributed by atoms with Crippen molar-refractivity contribution in [3.05, 3.63) is 76.8 Å². The van der Waals surface area contributed by atoms with Gasteiger partial charge in [-0.15, -0.1) is 11.8 Å². The van der Waals surface area contributed by atoms with E-state index in [2.05, 4.69) is 25.5 Å². The van der Waals surface area contributed by atoms with Crippen molar-refractivity contribution in [1.82, 2.24) is 30.0 Å². The molecule has 0 aliphatic carbocycles. The number of unbranched alkanes of at least 4 members (excludes halogenated alkanes) is 2. The number of thioether (sulfide) groups is 1. The number of fused-ring (bicyclic) bond motifs is 2. The summed E-state index contributed by atoms with van der Waals surface area (Å²) in [5, 5.41) is 6.10. The Morgan fingerprint density at radius 1 is 0.983 bits per heavy atom. The third-order valence-electron chi connectivity index (χ3n) is 10.4. The van der Waals surface area contributed by atoms with E-state index < -0.39 is 35.5 Å². The third kappa shape index (κ3) is 9.19. The number of anilines is 2. The second-order valence-corrected chi connectivity index (χ2v) is 15.7. The minimum atomic E-state index is -0.996. The van der Waals surface area contributed by atoms with E-state index >= 15 is 0 Å². The van der Waals surface area contributed by atoms with Crippen molar-refractivity contribution < 1.29 is 37.8 Å². The summed E-state index contributed by atoms with van der Waals surface area (Å²) < 4.78 is 25.4. The van der Waals surface area contributed by atoms with Crippen molar-refractivity contribution in [1.29, 1.82) is 0 Å². The van der Waals surface area contributed by atoms with Gasteiger partial charge in [-0.25, -0.2) is 14.4 Å². The Morgan fingerprint density at radius 3 is 2.59 bits per heavy atom. The van der Waals surface area contributed by atoms with E-state index in [1.807, 2.05) is 11.0 Å². The summed E-state index contributed by atoms with van der Waals surface area (Å²) in [6.07, 6.45) is 5.30. The number of rotatable bonds is 16. The zero-order valence-electron chi connectivity index (χ0n) is 31.9. The van der Waals surface area contributed by atoms with E-state index in [4.69, 9.17) is 21.1 Å². The summed E-state index contributed by atoms with van der Waals surface area (Å²) in [6, 6.07) is 12.1. The Kier molecular flexibility index (Phi) is 13.0. The van der Waals surface area contributed by atoms with Gasteiger partial charge in [-0.1, -0.05) is 24.1 Å². The summed E-state index contributed by atoms with van der Waals surface area (Å²) in [7, 11) is 1.57. The number of aromatic nitrogens is 2. The maximum Gasteiger partial charge on any atom is 0.263 e. The molecule has 3 aliphatic rings. The van der Waals surface area contributed by atoms with Crippen LogP contribution in [0.3, 0.4) is 0 Å². The summed E-state index contributed by atoms with van der Waals surface area (Å²) in [4.78, 5) is 78.1. The van der Waals surface area contributed by atoms with Crippen LogP contribution in [0.1, 0.15) is 65.7 Å². The van der Waals surface area contributed by atoms with Gasteiger partial charge in [-0.2, -0.15) is 0 Å². The molecule has 1 atom stereocenters. The topological polar surface area (TPSA) is 163 Å². The Bertz CT molecular complexity index is 2240. The molecule has 0 bridgehead atoms. The monoisotopic (exact) mass is 831 g/mol. The lowest BCUT2D eigenvalue weighted by Gasteiger charge is -2.34. The number of halogens is 2. The fraction of sp³-hybridized carbons (Fsp3) is 0.390. The fourth-order valence-corrected chi connectivity index (χ4v) is 8.60. The van der Waals surface area contributed by atoms with Gasteiger partial charge < -0.3 is 19.7 Å². The van der Waals surface area contributed by atoms with Gasteiger partial charge in [-0.05, 0) is 67.8 Å². The van der Waals surface area contributed by atoms with Crippen LogP contribution in [-0.4, -0.2) is 112 Å². The van der Waals surface area contributed by atoms with Crippen molar-refractivity contribution in [3.8, 4) is 11.5 Å². The highest BCUT2D eigenvalue weighted by Gasteiger charge is 2.45. The maximum atomic E-state index is 13.7. The van der Waals surface area contributed by atoms with E-state index in [9.17, 15) is 28.4 Å². The summed E-state index contributed by atoms with van der Waals surface area (Å²) in [5.41, 5.74) is 1.81. The van der Waals surface area contributed by atoms with Crippen LogP contribution in [0.5, 0.6) is 11.5 Å². The minimum absolute atomic E-state index is 0.000296. The molecule has 0 radical (unpaired) electrons. The molecule has 2 fully saturated rings. The summed E-state index contributed by atoms with van der Waals surface area (Å²) in [6.45, 7) is 4.17. The predicted octanol–water partition coefficient (Wildman–Crippen LogP) is 5.84. The van der Waals surface area contributed by atoms with Crippen molar-refractivity contribution in [2.75, 3.05) is 57.5 Å². The van der Waals surface area contributed by atoms with Crippen molar-refractivity contribution in [3.63, 3.8) is 0 Å². The van der Waals surface area contributed by atoms with Crippen molar-refractivity contribution in [2.24, 2.45) is 0 Å². The van der Waals surface area contributed by atoms with Gasteiger partial charge in [0.05, 0.1) is 35.4 Å². The molecule has 5 amide bonds. The molecule has 58 heavy (non-hydrogen) atoms. The molecule has 17 heteroatoms. The summed E-state index contributed by atoms with van der Waals surface area (Å²) >= 11 is 7.45. The number of nitrogens with one attached hydrogen (secondary N) is 2. The second-order valence-electron chi connectivity index (χ2n) is 14.2. The first-order chi connectivity index (χ1) is 28.1. The van der Waals surface area contributed by atoms with Gasteiger partial charge in [0.1, 0.15) is 24.0 Å². The highest BCUT2D eigenvalue weighted by atomic mass is 35.5. The van der Waals surface area contributed by atoms with Gasteiger partial charge >= 0.3 is 0 Å². The standard InChI is InChI=1S/C41H43ClFN7O7S/c1-56-32-23-30-27(38(45-24-44-30)46-25-10-11-29(43)28(42)21-25)22-33(32)57-19-6-14-48-15-17-49(18-16-48)36(52)9-3-2-4-20-58-34-8-5-7-26-37(34)41(55)50(40(26)54)31-12-13-35(51)47-39(31)53/h5,7-8,10-11,21-24,31H,2-4,6,9,12-20H2,1H3,(H,44,45,46)(H,47,51,53). The van der Waals surface area contributed by atoms with Gasteiger partial charge in [0, 0.05) is 67.6 Å². The number of ether oxygens (including phenoxy) is 2. The zero-order valence-corrected chi connectivity index (χ0v) is 33.5. The second kappa shape index (κ2) is 18.5. The highest BCUT2D eigenvalue weighted by Crippen LogP contribution is 2.36. The lowest BCUT2D eigenvalue weighted by molar-refractivity contribution is -0.136. The van der Waals surface area contributed by atoms with Crippen LogP contribution in [0, 0.1) is 5.82 Å². The molecule has 1 aromatic heterocycles. The third-order valence-corrected chi connectivity index (χ3v) is 11.9. The molecular formula is C41H43ClFN7O7S. The number of piperidine rings is 1. The van der Waals surface area contributed by atoms with Gasteiger partial charge in [0.15, 0.2) is 11.5 Å². The molecule has 0 saturated carbocycles. The van der Waals surface area contributed by atoms with E-state index in [0.29, 0.717) is 76.2 Å². The first-order valence-corrected chi connectivity index (χ1v) is 20.6. The first-order valence-electron chi connectivity index (χ1n) is 19.3. The van der Waals surface area contributed by atoms with Crippen LogP contribution in [0.15, 0.2) is 59.8 Å². The average Bonchev–Trinajstić information content (AvgIpc) is 3.48. The molecule has 3 aliphatic heterocycles. The number of hydrogen-bond acceptors (Lipinski definition) is 12. The van der Waals surface area contributed by atoms with Crippen LogP contribution in [-0.2, 0) is 14.4 Å². The quantitative estimate of drug-likeness (QED) is 0.0789. The summed E-state index contributed by atoms with van der Waals surface area (Å²) in [5.74, 6) is -0.101. The zero-order chi connectivity index (χ0) is 40.8. The van der Waals surface area contributed by atoms with Crippen molar-refractivity contribution in [2.45, 2.75) is 55.9 Å². The molecule has 2 saturated heterocycles. The number of nitrogens with zero attached hydrogens (tertiary/aromatic N) is 5. The lowest BCUT2D eigenvalue weighted by atomic mass is 10.0. The van der Waals surface area contributed by atoms with E-state index in [1.165, 1.54) is 30.2 Å². The predicted molar refractivity (Wildman–Crippen MR) is 216 cm³/mol. The normalized spacial score (nSPS) is 17.1. The molecular weight excluding hydrogens is 789 g/mol. The molecule has 1 unspecified atom stereocenters. The minimum Gasteiger partial charge on any atom is -0.493 e. The molecule has 7 rings (SSSR count). The van der Waals surface area contributed by atoms with Crippen LogP contribution in [0.2, 0.25) is 5.02 Å². The number of methoxy groups -OCH3 is 1. The van der Waals surface area contributed by atoms with Crippen LogP contribution in [0.25, 0.3) is 10.9 Å². The molecule has 14 nitrogen and oxygen atoms in total. The van der Waals surface area contributed by atoms with Crippen LogP contribution in [0.4, 0.5) is 15.9 Å². The molecule has 4 aromatic rings. The smallest absolute Gasteiger partial charge is 0.263 e. The van der Waals surface area contributed by atoms with E-state index in [-0.39, 0.29) is 29.3 Å². The van der Waals surface area contributed by atoms with Crippen LogP contribution >= 0.6 is 23.4 Å².